The molecule has 36 heavy (non-hydrogen) atoms. The fraction of sp³-hybridized carbons (Fsp3) is 0.323. The lowest BCUT2D eigenvalue weighted by atomic mass is 9.88. The van der Waals surface area contributed by atoms with E-state index in [9.17, 15) is 4.79 Å². The van der Waals surface area contributed by atoms with E-state index in [0.717, 1.165) is 37.1 Å². The zero-order valence-electron chi connectivity index (χ0n) is 21.0. The average molecular weight is 501 g/mol. The Hall–Kier alpha value is -3.08. The van der Waals surface area contributed by atoms with E-state index in [4.69, 9.17) is 16.3 Å². The van der Waals surface area contributed by atoms with Crippen molar-refractivity contribution < 1.29 is 9.53 Å². The van der Waals surface area contributed by atoms with Gasteiger partial charge in [-0.1, -0.05) is 71.8 Å². The first-order chi connectivity index (χ1) is 17.4. The van der Waals surface area contributed by atoms with Gasteiger partial charge in [0, 0.05) is 54.2 Å². The molecule has 1 amide bonds. The van der Waals surface area contributed by atoms with Crippen LogP contribution >= 0.6 is 11.6 Å². The van der Waals surface area contributed by atoms with Crippen molar-refractivity contribution in [1.82, 2.24) is 9.88 Å². The summed E-state index contributed by atoms with van der Waals surface area (Å²) < 4.78 is 8.17. The van der Waals surface area contributed by atoms with Gasteiger partial charge in [0.1, 0.15) is 0 Å². The van der Waals surface area contributed by atoms with Crippen molar-refractivity contribution >= 4 is 28.4 Å². The van der Waals surface area contributed by atoms with Crippen LogP contribution in [0.2, 0.25) is 5.02 Å². The van der Waals surface area contributed by atoms with Crippen LogP contribution in [-0.4, -0.2) is 29.2 Å². The molecule has 1 N–H and O–H groups in total. The molecule has 1 aromatic heterocycles. The number of fused-ring (bicyclic) bond motifs is 1. The van der Waals surface area contributed by atoms with Crippen molar-refractivity contribution in [2.75, 3.05) is 13.2 Å². The quantitative estimate of drug-likeness (QED) is 0.287. The number of ether oxygens (including phenoxy) is 1. The molecule has 2 atom stereocenters. The van der Waals surface area contributed by atoms with Crippen LogP contribution in [0.5, 0.6) is 0 Å². The third kappa shape index (κ3) is 5.50. The molecule has 0 saturated carbocycles. The molecular formula is C31H33ClN2O2. The van der Waals surface area contributed by atoms with Gasteiger partial charge in [0.15, 0.2) is 0 Å². The van der Waals surface area contributed by atoms with Crippen LogP contribution in [0, 0.1) is 6.92 Å². The molecule has 1 fully saturated rings. The average Bonchev–Trinajstić information content (AvgIpc) is 3.48. The number of nitrogens with zero attached hydrogens (tertiary/aromatic N) is 1. The summed E-state index contributed by atoms with van der Waals surface area (Å²) in [5, 5.41) is 5.01. The first kappa shape index (κ1) is 24.6. The van der Waals surface area contributed by atoms with E-state index in [1.807, 2.05) is 24.3 Å². The van der Waals surface area contributed by atoms with Crippen LogP contribution in [0.3, 0.4) is 0 Å². The van der Waals surface area contributed by atoms with Crippen molar-refractivity contribution in [2.24, 2.45) is 0 Å². The minimum absolute atomic E-state index is 0.0297. The van der Waals surface area contributed by atoms with Gasteiger partial charge in [0.05, 0.1) is 5.60 Å². The summed E-state index contributed by atoms with van der Waals surface area (Å²) in [5.41, 5.74) is 5.63. The number of carbonyl (C=O) groups is 1. The van der Waals surface area contributed by atoms with E-state index in [1.54, 1.807) is 0 Å². The van der Waals surface area contributed by atoms with Gasteiger partial charge in [-0.2, -0.15) is 0 Å². The van der Waals surface area contributed by atoms with E-state index in [1.165, 1.54) is 22.0 Å². The number of nitrogens with one attached hydrogen (secondary N) is 1. The molecule has 0 bridgehead atoms. The number of carbonyl (C=O) groups excluding carboxylic acids is 1. The molecule has 4 nitrogen and oxygen atoms in total. The molecule has 4 aromatic rings. The SMILES string of the molecule is Cc1ccc(Cn2cc([C@@H](CC(=O)NC[C@@]3(C)CCCO3)c3ccc(Cl)cc3)c3ccccc32)cc1. The zero-order valence-corrected chi connectivity index (χ0v) is 21.7. The van der Waals surface area contributed by atoms with Crippen LogP contribution < -0.4 is 5.32 Å². The highest BCUT2D eigenvalue weighted by Gasteiger charge is 2.31. The minimum Gasteiger partial charge on any atom is -0.373 e. The Morgan fingerprint density at radius 1 is 1.08 bits per heavy atom. The summed E-state index contributed by atoms with van der Waals surface area (Å²) in [6, 6.07) is 25.0. The normalized spacial score (nSPS) is 18.4. The Balaban J connectivity index is 1.48. The largest absolute Gasteiger partial charge is 0.373 e. The third-order valence-electron chi connectivity index (χ3n) is 7.29. The van der Waals surface area contributed by atoms with Gasteiger partial charge in [-0.3, -0.25) is 4.79 Å². The molecule has 1 saturated heterocycles. The van der Waals surface area contributed by atoms with E-state index in [2.05, 4.69) is 78.5 Å². The second-order valence-corrected chi connectivity index (χ2v) is 10.6. The van der Waals surface area contributed by atoms with Crippen molar-refractivity contribution in [3.63, 3.8) is 0 Å². The summed E-state index contributed by atoms with van der Waals surface area (Å²) in [4.78, 5) is 13.2. The maximum Gasteiger partial charge on any atom is 0.221 e. The van der Waals surface area contributed by atoms with Crippen LogP contribution in [0.1, 0.15) is 54.4 Å². The molecule has 0 radical (unpaired) electrons. The molecule has 1 aliphatic heterocycles. The number of hydrogen-bond acceptors (Lipinski definition) is 2. The van der Waals surface area contributed by atoms with Crippen LogP contribution in [0.15, 0.2) is 79.0 Å². The molecule has 3 aromatic carbocycles. The number of aryl methyl sites for hydroxylation is 1. The summed E-state index contributed by atoms with van der Waals surface area (Å²) in [7, 11) is 0. The molecular weight excluding hydrogens is 468 g/mol. The van der Waals surface area contributed by atoms with Gasteiger partial charge >= 0.3 is 0 Å². The standard InChI is InChI=1S/C31H33ClN2O2/c1-22-8-10-23(11-9-22)19-34-20-28(26-6-3-4-7-29(26)34)27(24-12-14-25(32)15-13-24)18-30(35)33-21-31(2)16-5-17-36-31/h3-4,6-15,20,27H,5,16-19,21H2,1-2H3,(H,33,35)/t27-,31+/m0/s1. The topological polar surface area (TPSA) is 43.3 Å². The molecule has 0 unspecified atom stereocenters. The fourth-order valence-electron chi connectivity index (χ4n) is 5.20. The molecule has 0 aliphatic carbocycles. The van der Waals surface area contributed by atoms with Gasteiger partial charge in [0.25, 0.3) is 0 Å². The Kier molecular flexibility index (Phi) is 7.17. The number of para-hydroxylation sites is 1. The Labute approximate surface area is 218 Å². The van der Waals surface area contributed by atoms with Gasteiger partial charge in [-0.15, -0.1) is 0 Å². The highest BCUT2D eigenvalue weighted by molar-refractivity contribution is 6.30. The van der Waals surface area contributed by atoms with Crippen molar-refractivity contribution in [3.8, 4) is 0 Å². The van der Waals surface area contributed by atoms with Crippen LogP contribution in [0.4, 0.5) is 0 Å². The lowest BCUT2D eigenvalue weighted by Crippen LogP contribution is -2.40. The van der Waals surface area contributed by atoms with Gasteiger partial charge < -0.3 is 14.6 Å². The fourth-order valence-corrected chi connectivity index (χ4v) is 5.32. The number of amides is 1. The second kappa shape index (κ2) is 10.5. The Morgan fingerprint density at radius 3 is 2.56 bits per heavy atom. The van der Waals surface area contributed by atoms with E-state index < -0.39 is 0 Å². The highest BCUT2D eigenvalue weighted by atomic mass is 35.5. The van der Waals surface area contributed by atoms with Crippen molar-refractivity contribution in [3.05, 3.63) is 106 Å². The molecule has 2 heterocycles. The number of halogens is 1. The predicted octanol–water partition coefficient (Wildman–Crippen LogP) is 6.86. The Morgan fingerprint density at radius 2 is 1.83 bits per heavy atom. The molecule has 0 spiro atoms. The highest BCUT2D eigenvalue weighted by Crippen LogP contribution is 2.36. The first-order valence-corrected chi connectivity index (χ1v) is 13.1. The zero-order chi connectivity index (χ0) is 25.1. The second-order valence-electron chi connectivity index (χ2n) is 10.2. The summed E-state index contributed by atoms with van der Waals surface area (Å²) >= 11 is 6.21. The summed E-state index contributed by atoms with van der Waals surface area (Å²) in [6.45, 7) is 6.26. The lowest BCUT2D eigenvalue weighted by Gasteiger charge is -2.24. The maximum atomic E-state index is 13.2. The number of benzene rings is 3. The summed E-state index contributed by atoms with van der Waals surface area (Å²) in [6.07, 6.45) is 4.59. The van der Waals surface area contributed by atoms with Crippen LogP contribution in [-0.2, 0) is 16.1 Å². The third-order valence-corrected chi connectivity index (χ3v) is 7.54. The number of hydrogen-bond donors (Lipinski definition) is 1. The van der Waals surface area contributed by atoms with Gasteiger partial charge in [-0.25, -0.2) is 0 Å². The van der Waals surface area contributed by atoms with Gasteiger partial charge in [-0.05, 0) is 61.6 Å². The number of aromatic nitrogens is 1. The van der Waals surface area contributed by atoms with E-state index in [0.29, 0.717) is 18.0 Å². The number of rotatable bonds is 8. The van der Waals surface area contributed by atoms with Gasteiger partial charge in [0.2, 0.25) is 5.91 Å². The van der Waals surface area contributed by atoms with Crippen molar-refractivity contribution in [2.45, 2.75) is 51.2 Å². The monoisotopic (exact) mass is 500 g/mol. The lowest BCUT2D eigenvalue weighted by molar-refractivity contribution is -0.122. The van der Waals surface area contributed by atoms with E-state index >= 15 is 0 Å². The molecule has 186 valence electrons. The smallest absolute Gasteiger partial charge is 0.221 e. The molecule has 5 heteroatoms. The minimum atomic E-state index is -0.268. The van der Waals surface area contributed by atoms with Crippen LogP contribution in [0.25, 0.3) is 10.9 Å². The predicted molar refractivity (Wildman–Crippen MR) is 147 cm³/mol. The van der Waals surface area contributed by atoms with Crippen molar-refractivity contribution in [1.29, 1.82) is 0 Å². The first-order valence-electron chi connectivity index (χ1n) is 12.7. The Bertz CT molecular complexity index is 1340. The maximum absolute atomic E-state index is 13.2. The molecule has 5 rings (SSSR count). The molecule has 1 aliphatic rings. The summed E-state index contributed by atoms with van der Waals surface area (Å²) in [5.74, 6) is -0.0641. The van der Waals surface area contributed by atoms with E-state index in [-0.39, 0.29) is 17.4 Å².